The van der Waals surface area contributed by atoms with E-state index in [4.69, 9.17) is 4.84 Å². The molecule has 0 fully saturated rings. The fourth-order valence-corrected chi connectivity index (χ4v) is 3.37. The van der Waals surface area contributed by atoms with Crippen molar-refractivity contribution in [2.24, 2.45) is 4.99 Å². The lowest BCUT2D eigenvalue weighted by atomic mass is 9.88. The molecule has 0 radical (unpaired) electrons. The lowest BCUT2D eigenvalue weighted by Gasteiger charge is -2.17. The second-order valence-electron chi connectivity index (χ2n) is 7.37. The summed E-state index contributed by atoms with van der Waals surface area (Å²) >= 11 is 0. The molecule has 0 bridgehead atoms. The first-order valence-corrected chi connectivity index (χ1v) is 9.14. The summed E-state index contributed by atoms with van der Waals surface area (Å²) in [7, 11) is 0. The molecular weight excluding hydrogens is 388 g/mol. The van der Waals surface area contributed by atoms with E-state index in [-0.39, 0.29) is 11.3 Å². The summed E-state index contributed by atoms with van der Waals surface area (Å²) in [6, 6.07) is 14.9. The molecular formula is C23H17F2N3O2. The van der Waals surface area contributed by atoms with Gasteiger partial charge in [-0.2, -0.15) is 5.26 Å². The van der Waals surface area contributed by atoms with Crippen molar-refractivity contribution in [3.63, 3.8) is 0 Å². The smallest absolute Gasteiger partial charge is 0.182 e. The normalized spacial score (nSPS) is 14.7. The molecule has 3 aromatic rings. The molecule has 0 aromatic heterocycles. The number of hydroxylamine groups is 1. The number of aromatic hydroxyl groups is 1. The molecule has 3 aromatic carbocycles. The molecule has 4 rings (SSSR count). The number of rotatable bonds is 3. The number of phenols is 1. The maximum atomic E-state index is 14.1. The Morgan fingerprint density at radius 3 is 2.17 bits per heavy atom. The molecule has 0 amide bonds. The average Bonchev–Trinajstić information content (AvgIpc) is 3.06. The molecule has 1 aliphatic rings. The van der Waals surface area contributed by atoms with E-state index in [0.29, 0.717) is 33.7 Å². The molecule has 5 nitrogen and oxygen atoms in total. The van der Waals surface area contributed by atoms with Gasteiger partial charge < -0.3 is 5.11 Å². The highest BCUT2D eigenvalue weighted by Crippen LogP contribution is 2.38. The zero-order valence-corrected chi connectivity index (χ0v) is 16.2. The highest BCUT2D eigenvalue weighted by Gasteiger charge is 2.29. The Labute approximate surface area is 171 Å². The lowest BCUT2D eigenvalue weighted by molar-refractivity contribution is -0.0269. The van der Waals surface area contributed by atoms with Crippen molar-refractivity contribution in [3.05, 3.63) is 77.4 Å². The minimum atomic E-state index is -0.846. The lowest BCUT2D eigenvalue weighted by Crippen LogP contribution is -2.23. The highest BCUT2D eigenvalue weighted by atomic mass is 19.1. The third kappa shape index (κ3) is 3.73. The molecule has 1 heterocycles. The van der Waals surface area contributed by atoms with Crippen molar-refractivity contribution in [1.82, 2.24) is 5.48 Å². The van der Waals surface area contributed by atoms with Crippen molar-refractivity contribution in [2.45, 2.75) is 19.6 Å². The summed E-state index contributed by atoms with van der Waals surface area (Å²) in [5, 5.41) is 19.2. The van der Waals surface area contributed by atoms with Gasteiger partial charge >= 0.3 is 0 Å². The second-order valence-corrected chi connectivity index (χ2v) is 7.37. The molecule has 2 N–H and O–H groups in total. The number of nitriles is 1. The average molecular weight is 405 g/mol. The molecule has 0 spiro atoms. The highest BCUT2D eigenvalue weighted by molar-refractivity contribution is 6.08. The van der Waals surface area contributed by atoms with Crippen LogP contribution in [0.15, 0.2) is 59.6 Å². The van der Waals surface area contributed by atoms with Gasteiger partial charge in [0.05, 0.1) is 11.6 Å². The van der Waals surface area contributed by atoms with Gasteiger partial charge in [0.15, 0.2) is 11.6 Å². The van der Waals surface area contributed by atoms with E-state index in [1.54, 1.807) is 38.1 Å². The predicted molar refractivity (Wildman–Crippen MR) is 108 cm³/mol. The van der Waals surface area contributed by atoms with Crippen LogP contribution in [0, 0.1) is 23.0 Å². The van der Waals surface area contributed by atoms with Crippen molar-refractivity contribution >= 4 is 5.84 Å². The quantitative estimate of drug-likeness (QED) is 0.650. The molecule has 0 aliphatic carbocycles. The van der Waals surface area contributed by atoms with Gasteiger partial charge in [-0.25, -0.2) is 24.1 Å². The van der Waals surface area contributed by atoms with Crippen LogP contribution in [-0.4, -0.2) is 16.7 Å². The van der Waals surface area contributed by atoms with E-state index in [1.165, 1.54) is 24.3 Å². The molecule has 0 saturated carbocycles. The number of nitrogens with zero attached hydrogens (tertiary/aromatic N) is 2. The SMILES string of the molecule is CC1(C)N=C(c2cc(C#N)cc(-c3ccc(O)cc3)c2-c2cc(F)cc(F)c2)NO1. The van der Waals surface area contributed by atoms with E-state index >= 15 is 0 Å². The van der Waals surface area contributed by atoms with Crippen LogP contribution >= 0.6 is 0 Å². The van der Waals surface area contributed by atoms with Crippen molar-refractivity contribution in [2.75, 3.05) is 0 Å². The zero-order chi connectivity index (χ0) is 21.5. The fraction of sp³-hybridized carbons (Fsp3) is 0.130. The summed E-state index contributed by atoms with van der Waals surface area (Å²) in [6.45, 7) is 3.51. The van der Waals surface area contributed by atoms with E-state index in [9.17, 15) is 19.1 Å². The molecule has 1 aliphatic heterocycles. The van der Waals surface area contributed by atoms with Crippen LogP contribution in [0.25, 0.3) is 22.3 Å². The molecule has 30 heavy (non-hydrogen) atoms. The Kier molecular flexibility index (Phi) is 4.72. The van der Waals surface area contributed by atoms with Crippen LogP contribution in [0.2, 0.25) is 0 Å². The summed E-state index contributed by atoms with van der Waals surface area (Å²) < 4.78 is 28.2. The van der Waals surface area contributed by atoms with E-state index in [2.05, 4.69) is 16.5 Å². The monoisotopic (exact) mass is 405 g/mol. The van der Waals surface area contributed by atoms with Crippen molar-refractivity contribution < 1.29 is 18.7 Å². The Hall–Kier alpha value is -3.76. The molecule has 7 heteroatoms. The van der Waals surface area contributed by atoms with Crippen LogP contribution in [0.3, 0.4) is 0 Å². The minimum Gasteiger partial charge on any atom is -0.508 e. The topological polar surface area (TPSA) is 77.6 Å². The van der Waals surface area contributed by atoms with Gasteiger partial charge in [-0.05, 0) is 66.9 Å². The number of hydrogen-bond donors (Lipinski definition) is 2. The summed E-state index contributed by atoms with van der Waals surface area (Å²) in [6.07, 6.45) is 0. The summed E-state index contributed by atoms with van der Waals surface area (Å²) in [5.41, 5.74) is 4.68. The number of nitrogens with one attached hydrogen (secondary N) is 1. The third-order valence-corrected chi connectivity index (χ3v) is 4.63. The Balaban J connectivity index is 2.08. The number of phenolic OH excluding ortho intramolecular Hbond substituents is 1. The minimum absolute atomic E-state index is 0.0748. The number of amidine groups is 1. The predicted octanol–water partition coefficient (Wildman–Crippen LogP) is 4.89. The van der Waals surface area contributed by atoms with Crippen molar-refractivity contribution in [3.8, 4) is 34.1 Å². The molecule has 0 unspecified atom stereocenters. The van der Waals surface area contributed by atoms with E-state index < -0.39 is 17.4 Å². The first-order valence-electron chi connectivity index (χ1n) is 9.14. The van der Waals surface area contributed by atoms with Gasteiger partial charge in [0.2, 0.25) is 0 Å². The Morgan fingerprint density at radius 1 is 0.967 bits per heavy atom. The Morgan fingerprint density at radius 2 is 1.60 bits per heavy atom. The molecule has 0 saturated heterocycles. The fourth-order valence-electron chi connectivity index (χ4n) is 3.37. The second kappa shape index (κ2) is 7.25. The van der Waals surface area contributed by atoms with Crippen molar-refractivity contribution in [1.29, 1.82) is 5.26 Å². The maximum absolute atomic E-state index is 14.1. The van der Waals surface area contributed by atoms with Gasteiger partial charge in [0.25, 0.3) is 0 Å². The number of halogens is 2. The van der Waals surface area contributed by atoms with E-state index in [1.807, 2.05) is 0 Å². The van der Waals surface area contributed by atoms with Crippen LogP contribution < -0.4 is 5.48 Å². The van der Waals surface area contributed by atoms with Crippen LogP contribution in [0.5, 0.6) is 5.75 Å². The van der Waals surface area contributed by atoms with Gasteiger partial charge in [0.1, 0.15) is 17.4 Å². The van der Waals surface area contributed by atoms with E-state index in [0.717, 1.165) is 6.07 Å². The summed E-state index contributed by atoms with van der Waals surface area (Å²) in [5.74, 6) is -1.03. The molecule has 0 atom stereocenters. The number of aliphatic imine (C=N–C) groups is 1. The maximum Gasteiger partial charge on any atom is 0.182 e. The van der Waals surface area contributed by atoms with Gasteiger partial charge in [-0.3, -0.25) is 0 Å². The van der Waals surface area contributed by atoms with Gasteiger partial charge in [-0.15, -0.1) is 0 Å². The number of benzene rings is 3. The molecule has 150 valence electrons. The standard InChI is InChI=1S/C23H17F2N3O2/c1-23(2)27-22(28-30-23)20-8-13(12-26)7-19(14-3-5-18(29)6-4-14)21(20)15-9-16(24)11-17(25)10-15/h3-11,29H,1-2H3,(H,27,28). The number of hydrogen-bond acceptors (Lipinski definition) is 5. The summed E-state index contributed by atoms with van der Waals surface area (Å²) in [4.78, 5) is 9.96. The first kappa shape index (κ1) is 19.6. The van der Waals surface area contributed by atoms with Crippen LogP contribution in [0.4, 0.5) is 8.78 Å². The van der Waals surface area contributed by atoms with Gasteiger partial charge in [0, 0.05) is 17.2 Å². The van der Waals surface area contributed by atoms with Crippen LogP contribution in [-0.2, 0) is 4.84 Å². The zero-order valence-electron chi connectivity index (χ0n) is 16.2. The first-order chi connectivity index (χ1) is 14.3. The van der Waals surface area contributed by atoms with Gasteiger partial charge in [-0.1, -0.05) is 12.1 Å². The Bertz CT molecular complexity index is 1190. The third-order valence-electron chi connectivity index (χ3n) is 4.63. The largest absolute Gasteiger partial charge is 0.508 e. The van der Waals surface area contributed by atoms with Crippen LogP contribution in [0.1, 0.15) is 25.0 Å².